The Bertz CT molecular complexity index is 905. The van der Waals surface area contributed by atoms with Crippen molar-refractivity contribution in [1.29, 1.82) is 0 Å². The third-order valence-corrected chi connectivity index (χ3v) is 6.03. The summed E-state index contributed by atoms with van der Waals surface area (Å²) in [6, 6.07) is 11.6. The van der Waals surface area contributed by atoms with Gasteiger partial charge in [-0.15, -0.1) is 0 Å². The van der Waals surface area contributed by atoms with E-state index in [1.807, 2.05) is 26.8 Å². The number of anilines is 2. The molecule has 1 fully saturated rings. The van der Waals surface area contributed by atoms with Crippen LogP contribution in [-0.2, 0) is 14.8 Å². The lowest BCUT2D eigenvalue weighted by Gasteiger charge is -2.11. The van der Waals surface area contributed by atoms with Crippen LogP contribution in [0.25, 0.3) is 0 Å². The van der Waals surface area contributed by atoms with Gasteiger partial charge >= 0.3 is 0 Å². The van der Waals surface area contributed by atoms with Crippen LogP contribution in [0.15, 0.2) is 47.4 Å². The van der Waals surface area contributed by atoms with Gasteiger partial charge in [0.15, 0.2) is 0 Å². The topological polar surface area (TPSA) is 75.3 Å². The van der Waals surface area contributed by atoms with Crippen LogP contribution in [0.2, 0.25) is 0 Å². The van der Waals surface area contributed by atoms with Crippen molar-refractivity contribution >= 4 is 27.3 Å². The molecule has 132 valence electrons. The molecule has 1 aliphatic carbocycles. The van der Waals surface area contributed by atoms with E-state index in [0.29, 0.717) is 17.3 Å². The summed E-state index contributed by atoms with van der Waals surface area (Å²) in [5.74, 6) is 0.507. The zero-order chi connectivity index (χ0) is 18.2. The minimum Gasteiger partial charge on any atom is -0.326 e. The van der Waals surface area contributed by atoms with Crippen molar-refractivity contribution in [2.45, 2.75) is 32.1 Å². The second-order valence-corrected chi connectivity index (χ2v) is 8.42. The molecule has 0 aliphatic heterocycles. The van der Waals surface area contributed by atoms with E-state index in [1.165, 1.54) is 12.1 Å². The number of hydrogen-bond donors (Lipinski definition) is 2. The molecule has 6 heteroatoms. The second kappa shape index (κ2) is 6.52. The molecular weight excluding hydrogens is 336 g/mol. The number of rotatable bonds is 5. The van der Waals surface area contributed by atoms with Crippen LogP contribution in [0, 0.1) is 25.7 Å². The fourth-order valence-electron chi connectivity index (χ4n) is 2.66. The van der Waals surface area contributed by atoms with E-state index in [4.69, 9.17) is 0 Å². The van der Waals surface area contributed by atoms with Crippen LogP contribution in [0.1, 0.15) is 24.5 Å². The molecule has 1 amide bonds. The van der Waals surface area contributed by atoms with Gasteiger partial charge in [-0.3, -0.25) is 9.52 Å². The lowest BCUT2D eigenvalue weighted by molar-refractivity contribution is -0.117. The van der Waals surface area contributed by atoms with Crippen molar-refractivity contribution in [3.63, 3.8) is 0 Å². The Kier molecular flexibility index (Phi) is 4.56. The number of benzene rings is 2. The minimum atomic E-state index is -3.66. The lowest BCUT2D eigenvalue weighted by atomic mass is 10.1. The summed E-state index contributed by atoms with van der Waals surface area (Å²) in [7, 11) is -3.66. The van der Waals surface area contributed by atoms with Crippen molar-refractivity contribution < 1.29 is 13.2 Å². The van der Waals surface area contributed by atoms with Crippen LogP contribution in [0.5, 0.6) is 0 Å². The Morgan fingerprint density at radius 2 is 1.60 bits per heavy atom. The molecule has 25 heavy (non-hydrogen) atoms. The fraction of sp³-hybridized carbons (Fsp3) is 0.316. The standard InChI is InChI=1S/C19H22N2O3S/c1-12-4-5-16(10-13(12)2)21-25(23,24)17-8-6-15(7-9-17)20-19(22)18-11-14(18)3/h4-10,14,18,21H,11H2,1-3H3,(H,20,22)/t14-,18+/m0/s1. The first kappa shape index (κ1) is 17.5. The van der Waals surface area contributed by atoms with Gasteiger partial charge in [0.25, 0.3) is 10.0 Å². The van der Waals surface area contributed by atoms with E-state index in [9.17, 15) is 13.2 Å². The smallest absolute Gasteiger partial charge is 0.261 e. The Hall–Kier alpha value is -2.34. The van der Waals surface area contributed by atoms with Crippen LogP contribution >= 0.6 is 0 Å². The van der Waals surface area contributed by atoms with Gasteiger partial charge in [-0.05, 0) is 73.7 Å². The number of hydrogen-bond acceptors (Lipinski definition) is 3. The van der Waals surface area contributed by atoms with Crippen molar-refractivity contribution in [3.8, 4) is 0 Å². The Morgan fingerprint density at radius 1 is 1.00 bits per heavy atom. The third-order valence-electron chi connectivity index (χ3n) is 4.64. The molecule has 2 aromatic carbocycles. The highest BCUT2D eigenvalue weighted by atomic mass is 32.2. The van der Waals surface area contributed by atoms with Gasteiger partial charge in [-0.25, -0.2) is 8.42 Å². The quantitative estimate of drug-likeness (QED) is 0.856. The van der Waals surface area contributed by atoms with E-state index < -0.39 is 10.0 Å². The number of amides is 1. The molecule has 0 bridgehead atoms. The van der Waals surface area contributed by atoms with Crippen LogP contribution in [0.4, 0.5) is 11.4 Å². The largest absolute Gasteiger partial charge is 0.326 e. The molecular formula is C19H22N2O3S. The molecule has 0 unspecified atom stereocenters. The van der Waals surface area contributed by atoms with E-state index >= 15 is 0 Å². The summed E-state index contributed by atoms with van der Waals surface area (Å²) in [6.45, 7) is 5.95. The summed E-state index contributed by atoms with van der Waals surface area (Å²) >= 11 is 0. The van der Waals surface area contributed by atoms with Gasteiger partial charge in [-0.2, -0.15) is 0 Å². The van der Waals surface area contributed by atoms with Gasteiger partial charge < -0.3 is 5.32 Å². The minimum absolute atomic E-state index is 0.00337. The van der Waals surface area contributed by atoms with Gasteiger partial charge in [-0.1, -0.05) is 13.0 Å². The second-order valence-electron chi connectivity index (χ2n) is 6.74. The Labute approximate surface area is 148 Å². The van der Waals surface area contributed by atoms with Crippen LogP contribution < -0.4 is 10.0 Å². The van der Waals surface area contributed by atoms with Crippen molar-refractivity contribution in [1.82, 2.24) is 0 Å². The van der Waals surface area contributed by atoms with E-state index in [-0.39, 0.29) is 16.7 Å². The summed E-state index contributed by atoms with van der Waals surface area (Å²) in [5, 5.41) is 2.82. The molecule has 2 N–H and O–H groups in total. The number of aryl methyl sites for hydroxylation is 2. The Balaban J connectivity index is 1.71. The lowest BCUT2D eigenvalue weighted by Crippen LogP contribution is -2.15. The van der Waals surface area contributed by atoms with Gasteiger partial charge in [0.2, 0.25) is 5.91 Å². The van der Waals surface area contributed by atoms with Crippen LogP contribution in [-0.4, -0.2) is 14.3 Å². The van der Waals surface area contributed by atoms with Crippen molar-refractivity contribution in [2.24, 2.45) is 11.8 Å². The molecule has 3 rings (SSSR count). The molecule has 2 aromatic rings. The number of nitrogens with one attached hydrogen (secondary N) is 2. The van der Waals surface area contributed by atoms with E-state index in [2.05, 4.69) is 10.0 Å². The first-order chi connectivity index (χ1) is 11.8. The number of carbonyl (C=O) groups is 1. The highest BCUT2D eigenvalue weighted by Crippen LogP contribution is 2.38. The molecule has 0 radical (unpaired) electrons. The normalized spacial score (nSPS) is 19.3. The molecule has 0 aromatic heterocycles. The first-order valence-electron chi connectivity index (χ1n) is 8.27. The van der Waals surface area contributed by atoms with E-state index in [0.717, 1.165) is 17.5 Å². The molecule has 1 aliphatic rings. The van der Waals surface area contributed by atoms with Gasteiger partial charge in [0, 0.05) is 17.3 Å². The molecule has 1 saturated carbocycles. The average molecular weight is 358 g/mol. The maximum atomic E-state index is 12.5. The Morgan fingerprint density at radius 3 is 2.16 bits per heavy atom. The molecule has 0 saturated heterocycles. The molecule has 0 heterocycles. The van der Waals surface area contributed by atoms with E-state index in [1.54, 1.807) is 24.3 Å². The van der Waals surface area contributed by atoms with Crippen molar-refractivity contribution in [3.05, 3.63) is 53.6 Å². The fourth-order valence-corrected chi connectivity index (χ4v) is 3.71. The van der Waals surface area contributed by atoms with Crippen molar-refractivity contribution in [2.75, 3.05) is 10.0 Å². The zero-order valence-corrected chi connectivity index (χ0v) is 15.4. The highest BCUT2D eigenvalue weighted by molar-refractivity contribution is 7.92. The number of carbonyl (C=O) groups excluding carboxylic acids is 1. The monoisotopic (exact) mass is 358 g/mol. The van der Waals surface area contributed by atoms with Crippen LogP contribution in [0.3, 0.4) is 0 Å². The maximum Gasteiger partial charge on any atom is 0.261 e. The number of sulfonamides is 1. The summed E-state index contributed by atoms with van der Waals surface area (Å²) < 4.78 is 27.6. The summed E-state index contributed by atoms with van der Waals surface area (Å²) in [5.41, 5.74) is 3.26. The zero-order valence-electron chi connectivity index (χ0n) is 14.5. The third kappa shape index (κ3) is 4.02. The predicted molar refractivity (Wildman–Crippen MR) is 99.1 cm³/mol. The summed E-state index contributed by atoms with van der Waals surface area (Å²) in [6.07, 6.45) is 0.915. The maximum absolute atomic E-state index is 12.5. The van der Waals surface area contributed by atoms with Gasteiger partial charge in [0.1, 0.15) is 0 Å². The summed E-state index contributed by atoms with van der Waals surface area (Å²) in [4.78, 5) is 12.1. The predicted octanol–water partition coefficient (Wildman–Crippen LogP) is 3.70. The highest BCUT2D eigenvalue weighted by Gasteiger charge is 2.39. The van der Waals surface area contributed by atoms with Gasteiger partial charge in [0.05, 0.1) is 4.90 Å². The SMILES string of the molecule is Cc1ccc(NS(=O)(=O)c2ccc(NC(=O)[C@@H]3C[C@@H]3C)cc2)cc1C. The average Bonchev–Trinajstić information content (AvgIpc) is 3.28. The molecule has 5 nitrogen and oxygen atoms in total. The first-order valence-corrected chi connectivity index (χ1v) is 9.75. The molecule has 0 spiro atoms. The molecule has 2 atom stereocenters.